The molecule has 0 saturated carbocycles. The average molecular weight is 228 g/mol. The van der Waals surface area contributed by atoms with Crippen LogP contribution < -0.4 is 5.32 Å². The van der Waals surface area contributed by atoms with E-state index < -0.39 is 0 Å². The number of carbonyl (C=O) groups excluding carboxylic acids is 1. The molecule has 84 valence electrons. The van der Waals surface area contributed by atoms with Gasteiger partial charge in [0.25, 0.3) is 0 Å². The zero-order chi connectivity index (χ0) is 11.3. The number of hydrogen-bond donors (Lipinski definition) is 1. The monoisotopic (exact) mass is 228 g/mol. The number of thiazole rings is 1. The van der Waals surface area contributed by atoms with Crippen LogP contribution in [0.25, 0.3) is 0 Å². The first-order valence-electron chi connectivity index (χ1n) is 5.05. The standard InChI is InChI=1S/C10H16N2O2S/c1-4-8-6-15-10(12-8)11-7(3)9(13)14-5-2/h6-7H,4-5H2,1-3H3,(H,11,12). The summed E-state index contributed by atoms with van der Waals surface area (Å²) in [5.41, 5.74) is 1.04. The van der Waals surface area contributed by atoms with Crippen LogP contribution >= 0.6 is 11.3 Å². The normalized spacial score (nSPS) is 12.2. The molecule has 1 aromatic rings. The summed E-state index contributed by atoms with van der Waals surface area (Å²) in [5.74, 6) is -0.245. The van der Waals surface area contributed by atoms with Crippen molar-refractivity contribution in [2.24, 2.45) is 0 Å². The number of aromatic nitrogens is 1. The molecule has 15 heavy (non-hydrogen) atoms. The number of nitrogens with zero attached hydrogens (tertiary/aromatic N) is 1. The summed E-state index contributed by atoms with van der Waals surface area (Å²) in [5, 5.41) is 5.77. The summed E-state index contributed by atoms with van der Waals surface area (Å²) in [6.07, 6.45) is 0.909. The smallest absolute Gasteiger partial charge is 0.328 e. The van der Waals surface area contributed by atoms with Crippen LogP contribution in [0.3, 0.4) is 0 Å². The highest BCUT2D eigenvalue weighted by molar-refractivity contribution is 7.13. The number of rotatable bonds is 5. The van der Waals surface area contributed by atoms with Crippen molar-refractivity contribution in [1.29, 1.82) is 0 Å². The van der Waals surface area contributed by atoms with Gasteiger partial charge in [0.1, 0.15) is 6.04 Å². The number of ether oxygens (including phenoxy) is 1. The fourth-order valence-corrected chi connectivity index (χ4v) is 1.93. The minimum atomic E-state index is -0.346. The van der Waals surface area contributed by atoms with E-state index in [2.05, 4.69) is 10.3 Å². The molecule has 4 nitrogen and oxygen atoms in total. The molecule has 0 saturated heterocycles. The lowest BCUT2D eigenvalue weighted by Gasteiger charge is -2.10. The second-order valence-electron chi connectivity index (χ2n) is 3.12. The fraction of sp³-hybridized carbons (Fsp3) is 0.600. The molecule has 1 atom stereocenters. The number of anilines is 1. The van der Waals surface area contributed by atoms with Crippen LogP contribution in [0, 0.1) is 0 Å². The summed E-state index contributed by atoms with van der Waals surface area (Å²) >= 11 is 1.51. The van der Waals surface area contributed by atoms with Gasteiger partial charge in [-0.05, 0) is 20.3 Å². The maximum absolute atomic E-state index is 11.3. The zero-order valence-corrected chi connectivity index (χ0v) is 10.1. The predicted molar refractivity (Wildman–Crippen MR) is 61.2 cm³/mol. The molecule has 1 heterocycles. The predicted octanol–water partition coefficient (Wildman–Crippen LogP) is 2.07. The molecule has 0 aliphatic carbocycles. The lowest BCUT2D eigenvalue weighted by molar-refractivity contribution is -0.143. The lowest BCUT2D eigenvalue weighted by atomic mass is 10.3. The number of esters is 1. The molecule has 0 aliphatic heterocycles. The Morgan fingerprint density at radius 2 is 2.40 bits per heavy atom. The molecule has 0 fully saturated rings. The Morgan fingerprint density at radius 1 is 1.67 bits per heavy atom. The molecule has 1 N–H and O–H groups in total. The zero-order valence-electron chi connectivity index (χ0n) is 9.24. The van der Waals surface area contributed by atoms with Gasteiger partial charge in [0, 0.05) is 5.38 Å². The van der Waals surface area contributed by atoms with E-state index >= 15 is 0 Å². The molecule has 0 radical (unpaired) electrons. The third-order valence-corrected chi connectivity index (χ3v) is 2.72. The Hall–Kier alpha value is -1.10. The van der Waals surface area contributed by atoms with Gasteiger partial charge in [-0.25, -0.2) is 9.78 Å². The van der Waals surface area contributed by atoms with Gasteiger partial charge in [0.15, 0.2) is 5.13 Å². The minimum absolute atomic E-state index is 0.245. The molecule has 5 heteroatoms. The fourth-order valence-electron chi connectivity index (χ4n) is 1.05. The first-order valence-corrected chi connectivity index (χ1v) is 5.92. The third-order valence-electron chi connectivity index (χ3n) is 1.89. The van der Waals surface area contributed by atoms with Crippen LogP contribution in [-0.2, 0) is 16.0 Å². The molecule has 0 aliphatic rings. The lowest BCUT2D eigenvalue weighted by Crippen LogP contribution is -2.28. The quantitative estimate of drug-likeness (QED) is 0.784. The van der Waals surface area contributed by atoms with Gasteiger partial charge >= 0.3 is 5.97 Å². The van der Waals surface area contributed by atoms with Gasteiger partial charge in [0.2, 0.25) is 0 Å². The molecule has 1 unspecified atom stereocenters. The molecule has 1 aromatic heterocycles. The Morgan fingerprint density at radius 3 is 2.93 bits per heavy atom. The molecular formula is C10H16N2O2S. The van der Waals surface area contributed by atoms with E-state index in [1.54, 1.807) is 13.8 Å². The first-order chi connectivity index (χ1) is 7.17. The first kappa shape index (κ1) is 12.0. The molecule has 0 bridgehead atoms. The number of hydrogen-bond acceptors (Lipinski definition) is 5. The van der Waals surface area contributed by atoms with Crippen LogP contribution in [0.15, 0.2) is 5.38 Å². The molecule has 1 rings (SSSR count). The highest BCUT2D eigenvalue weighted by Crippen LogP contribution is 2.16. The summed E-state index contributed by atoms with van der Waals surface area (Å²) in [7, 11) is 0. The van der Waals surface area contributed by atoms with Gasteiger partial charge in [-0.2, -0.15) is 0 Å². The van der Waals surface area contributed by atoms with Crippen LogP contribution in [0.5, 0.6) is 0 Å². The third kappa shape index (κ3) is 3.51. The Labute approximate surface area is 93.7 Å². The average Bonchev–Trinajstić information content (AvgIpc) is 2.66. The second-order valence-corrected chi connectivity index (χ2v) is 3.97. The highest BCUT2D eigenvalue weighted by atomic mass is 32.1. The Bertz CT molecular complexity index is 325. The van der Waals surface area contributed by atoms with Gasteiger partial charge < -0.3 is 10.1 Å². The van der Waals surface area contributed by atoms with Crippen molar-refractivity contribution in [1.82, 2.24) is 4.98 Å². The van der Waals surface area contributed by atoms with E-state index in [4.69, 9.17) is 4.74 Å². The highest BCUT2D eigenvalue weighted by Gasteiger charge is 2.14. The van der Waals surface area contributed by atoms with Gasteiger partial charge in [-0.1, -0.05) is 6.92 Å². The number of nitrogens with one attached hydrogen (secondary N) is 1. The topological polar surface area (TPSA) is 51.2 Å². The van der Waals surface area contributed by atoms with Crippen molar-refractivity contribution < 1.29 is 9.53 Å². The second kappa shape index (κ2) is 5.70. The number of carbonyl (C=O) groups is 1. The molecular weight excluding hydrogens is 212 g/mol. The maximum Gasteiger partial charge on any atom is 0.328 e. The van der Waals surface area contributed by atoms with E-state index in [1.807, 2.05) is 12.3 Å². The summed E-state index contributed by atoms with van der Waals surface area (Å²) in [6, 6.07) is -0.346. The van der Waals surface area contributed by atoms with Crippen LogP contribution in [0.1, 0.15) is 26.5 Å². The minimum Gasteiger partial charge on any atom is -0.464 e. The summed E-state index contributed by atoms with van der Waals surface area (Å²) in [6.45, 7) is 6.02. The molecule has 0 aromatic carbocycles. The largest absolute Gasteiger partial charge is 0.464 e. The van der Waals surface area contributed by atoms with Crippen LogP contribution in [0.4, 0.5) is 5.13 Å². The van der Waals surface area contributed by atoms with E-state index in [0.29, 0.717) is 6.61 Å². The number of aryl methyl sites for hydroxylation is 1. The van der Waals surface area contributed by atoms with E-state index in [9.17, 15) is 4.79 Å². The van der Waals surface area contributed by atoms with Gasteiger partial charge in [0.05, 0.1) is 12.3 Å². The Balaban J connectivity index is 2.50. The van der Waals surface area contributed by atoms with Crippen molar-refractivity contribution in [3.63, 3.8) is 0 Å². The van der Waals surface area contributed by atoms with Crippen molar-refractivity contribution in [3.8, 4) is 0 Å². The van der Waals surface area contributed by atoms with Crippen LogP contribution in [0.2, 0.25) is 0 Å². The van der Waals surface area contributed by atoms with Crippen molar-refractivity contribution in [2.45, 2.75) is 33.2 Å². The maximum atomic E-state index is 11.3. The molecule has 0 spiro atoms. The Kier molecular flexibility index (Phi) is 4.55. The van der Waals surface area contributed by atoms with Crippen LogP contribution in [-0.4, -0.2) is 23.6 Å². The van der Waals surface area contributed by atoms with Crippen molar-refractivity contribution in [2.75, 3.05) is 11.9 Å². The molecule has 0 amide bonds. The van der Waals surface area contributed by atoms with E-state index in [1.165, 1.54) is 11.3 Å². The summed E-state index contributed by atoms with van der Waals surface area (Å²) < 4.78 is 4.88. The van der Waals surface area contributed by atoms with Gasteiger partial charge in [-0.15, -0.1) is 11.3 Å². The van der Waals surface area contributed by atoms with Gasteiger partial charge in [-0.3, -0.25) is 0 Å². The van der Waals surface area contributed by atoms with E-state index in [0.717, 1.165) is 17.2 Å². The SMILES string of the molecule is CCOC(=O)C(C)Nc1nc(CC)cs1. The summed E-state index contributed by atoms with van der Waals surface area (Å²) in [4.78, 5) is 15.6. The van der Waals surface area contributed by atoms with E-state index in [-0.39, 0.29) is 12.0 Å². The van der Waals surface area contributed by atoms with Crippen molar-refractivity contribution >= 4 is 22.4 Å². The van der Waals surface area contributed by atoms with Crippen molar-refractivity contribution in [3.05, 3.63) is 11.1 Å².